The minimum atomic E-state index is 0. The summed E-state index contributed by atoms with van der Waals surface area (Å²) in [7, 11) is 0. The van der Waals surface area contributed by atoms with Gasteiger partial charge in [0.2, 0.25) is 0 Å². The second-order valence-corrected chi connectivity index (χ2v) is 2.15. The van der Waals surface area contributed by atoms with Crippen LogP contribution in [0.25, 0.3) is 10.8 Å². The van der Waals surface area contributed by atoms with Gasteiger partial charge in [0.1, 0.15) is 0 Å². The molecule has 0 aliphatic carbocycles. The first-order valence-electron chi connectivity index (χ1n) is 4.49. The second kappa shape index (κ2) is 10.8. The van der Waals surface area contributed by atoms with Crippen LogP contribution in [0, 0.1) is 13.8 Å². The Balaban J connectivity index is 0. The van der Waals surface area contributed by atoms with Crippen molar-refractivity contribution in [1.29, 1.82) is 0 Å². The van der Waals surface area contributed by atoms with Gasteiger partial charge in [-0.1, -0.05) is 6.07 Å². The molecular weight excluding hydrogens is 247 g/mol. The Hall–Kier alpha value is -0.287. The Labute approximate surface area is 107 Å². The molecule has 0 aliphatic rings. The molecule has 2 rings (SSSR count). The molecule has 0 saturated carbocycles. The molecule has 2 aromatic rings. The molecule has 0 nitrogen and oxygen atoms in total. The molecule has 0 amide bonds. The van der Waals surface area contributed by atoms with Crippen molar-refractivity contribution in [3.05, 3.63) is 56.3 Å². The third kappa shape index (κ3) is 4.81. The van der Waals surface area contributed by atoms with Gasteiger partial charge in [0.15, 0.2) is 0 Å². The Morgan fingerprint density at radius 1 is 0.929 bits per heavy atom. The van der Waals surface area contributed by atoms with Crippen LogP contribution in [0.5, 0.6) is 0 Å². The molecule has 0 fully saturated rings. The monoisotopic (exact) mass is 263 g/mol. The zero-order valence-corrected chi connectivity index (χ0v) is 11.4. The first-order chi connectivity index (χ1) is 6.47. The van der Waals surface area contributed by atoms with Crippen LogP contribution in [-0.2, 0) is 26.2 Å². The molecule has 1 heteroatoms. The van der Waals surface area contributed by atoms with Crippen LogP contribution >= 0.6 is 0 Å². The Bertz CT molecular complexity index is 279. The number of hydrogen-bond donors (Lipinski definition) is 0. The fourth-order valence-electron chi connectivity index (χ4n) is 1.07. The summed E-state index contributed by atoms with van der Waals surface area (Å²) in [6.07, 6.45) is 0. The van der Waals surface area contributed by atoms with Gasteiger partial charge in [-0.2, -0.15) is 31.4 Å². The van der Waals surface area contributed by atoms with Crippen LogP contribution in [0.3, 0.4) is 0 Å². The maximum absolute atomic E-state index is 3.25. The van der Waals surface area contributed by atoms with Gasteiger partial charge in [0, 0.05) is 0 Å². The van der Waals surface area contributed by atoms with Crippen LogP contribution in [0.4, 0.5) is 0 Å². The van der Waals surface area contributed by atoms with Gasteiger partial charge >= 0.3 is 26.2 Å². The summed E-state index contributed by atoms with van der Waals surface area (Å²) >= 11 is 0. The molecule has 0 aromatic heterocycles. The number of rotatable bonds is 0. The van der Waals surface area contributed by atoms with Gasteiger partial charge in [0.05, 0.1) is 0 Å². The molecule has 0 saturated heterocycles. The van der Waals surface area contributed by atoms with Gasteiger partial charge in [-0.3, -0.25) is 0 Å². The van der Waals surface area contributed by atoms with E-state index < -0.39 is 0 Å². The van der Waals surface area contributed by atoms with Gasteiger partial charge in [-0.05, 0) is 0 Å². The number of hydrogen-bond acceptors (Lipinski definition) is 0. The summed E-state index contributed by atoms with van der Waals surface area (Å²) in [5.41, 5.74) is 0. The molecule has 14 heavy (non-hydrogen) atoms. The molecular formula is C13H17Zr+. The van der Waals surface area contributed by atoms with Crippen LogP contribution in [0.15, 0.2) is 42.5 Å². The van der Waals surface area contributed by atoms with Crippen molar-refractivity contribution >= 4 is 10.8 Å². The van der Waals surface area contributed by atoms with Gasteiger partial charge < -0.3 is 13.8 Å². The quantitative estimate of drug-likeness (QED) is 0.624. The summed E-state index contributed by atoms with van der Waals surface area (Å²) in [5.74, 6) is 0. The molecule has 0 spiro atoms. The zero-order valence-electron chi connectivity index (χ0n) is 8.96. The summed E-state index contributed by atoms with van der Waals surface area (Å²) in [6, 6.07) is 14.7. The fraction of sp³-hybridized carbons (Fsp3) is 0.154. The van der Waals surface area contributed by atoms with E-state index in [1.165, 1.54) is 10.8 Å². The molecule has 0 bridgehead atoms. The molecule has 0 radical (unpaired) electrons. The zero-order chi connectivity index (χ0) is 10.1. The van der Waals surface area contributed by atoms with E-state index in [2.05, 4.69) is 56.3 Å². The number of benzene rings is 1. The van der Waals surface area contributed by atoms with E-state index in [-0.39, 0.29) is 26.2 Å². The van der Waals surface area contributed by atoms with Crippen LogP contribution < -0.4 is 0 Å². The van der Waals surface area contributed by atoms with E-state index >= 15 is 0 Å². The van der Waals surface area contributed by atoms with Crippen molar-refractivity contribution < 1.29 is 26.2 Å². The summed E-state index contributed by atoms with van der Waals surface area (Å²) in [6.45, 7) is 10.0. The predicted octanol–water partition coefficient (Wildman–Crippen LogP) is 4.24. The van der Waals surface area contributed by atoms with Crippen LogP contribution in [0.1, 0.15) is 13.8 Å². The third-order valence-corrected chi connectivity index (χ3v) is 1.55. The molecule has 0 N–H and O–H groups in total. The Morgan fingerprint density at radius 2 is 1.50 bits per heavy atom. The average Bonchev–Trinajstić information content (AvgIpc) is 2.71. The first-order valence-corrected chi connectivity index (χ1v) is 4.49. The fourth-order valence-corrected chi connectivity index (χ4v) is 1.07. The van der Waals surface area contributed by atoms with Crippen molar-refractivity contribution in [2.24, 2.45) is 0 Å². The van der Waals surface area contributed by atoms with Crippen LogP contribution in [0.2, 0.25) is 0 Å². The van der Waals surface area contributed by atoms with Gasteiger partial charge in [-0.15, -0.1) is 29.7 Å². The Morgan fingerprint density at radius 3 is 2.07 bits per heavy atom. The third-order valence-electron chi connectivity index (χ3n) is 1.55. The molecule has 0 unspecified atom stereocenters. The van der Waals surface area contributed by atoms with Gasteiger partial charge in [-0.25, -0.2) is 0 Å². The molecule has 72 valence electrons. The maximum atomic E-state index is 3.25. The first kappa shape index (κ1) is 16.2. The van der Waals surface area contributed by atoms with E-state index in [0.29, 0.717) is 0 Å². The van der Waals surface area contributed by atoms with Crippen molar-refractivity contribution in [3.8, 4) is 0 Å². The SMILES string of the molecule is [CH2-]C.[CH2-]C.[Zr+4].c1ccc2[cH-]ccc2c1. The summed E-state index contributed by atoms with van der Waals surface area (Å²) in [5, 5.41) is 2.66. The van der Waals surface area contributed by atoms with Crippen molar-refractivity contribution in [3.63, 3.8) is 0 Å². The topological polar surface area (TPSA) is 0 Å². The van der Waals surface area contributed by atoms with E-state index in [1.54, 1.807) is 13.8 Å². The van der Waals surface area contributed by atoms with E-state index in [9.17, 15) is 0 Å². The molecule has 0 atom stereocenters. The second-order valence-electron chi connectivity index (χ2n) is 2.15. The molecule has 2 aromatic carbocycles. The smallest absolute Gasteiger partial charge is 0.346 e. The van der Waals surface area contributed by atoms with Gasteiger partial charge in [0.25, 0.3) is 0 Å². The standard InChI is InChI=1S/C9H7.2C2H5.Zr/c1-2-5-9-7-3-6-8(9)4-1;2*1-2;/h1-7H;2*1H2,2H3;/q3*-1;+4. The number of fused-ring (bicyclic) bond motifs is 1. The van der Waals surface area contributed by atoms with Crippen molar-refractivity contribution in [2.45, 2.75) is 13.8 Å². The summed E-state index contributed by atoms with van der Waals surface area (Å²) in [4.78, 5) is 0. The minimum absolute atomic E-state index is 0. The van der Waals surface area contributed by atoms with E-state index in [0.717, 1.165) is 0 Å². The Kier molecular flexibility index (Phi) is 12.5. The van der Waals surface area contributed by atoms with Crippen molar-refractivity contribution in [1.82, 2.24) is 0 Å². The normalized spacial score (nSPS) is 7.43. The van der Waals surface area contributed by atoms with E-state index in [4.69, 9.17) is 0 Å². The molecule has 0 heterocycles. The van der Waals surface area contributed by atoms with E-state index in [1.807, 2.05) is 0 Å². The molecule has 0 aliphatic heterocycles. The predicted molar refractivity (Wildman–Crippen MR) is 61.6 cm³/mol. The minimum Gasteiger partial charge on any atom is -0.346 e. The maximum Gasteiger partial charge on any atom is 4.00 e. The average molecular weight is 265 g/mol. The van der Waals surface area contributed by atoms with Crippen LogP contribution in [-0.4, -0.2) is 0 Å². The summed E-state index contributed by atoms with van der Waals surface area (Å²) < 4.78 is 0. The van der Waals surface area contributed by atoms with Crippen molar-refractivity contribution in [2.75, 3.05) is 0 Å². The largest absolute Gasteiger partial charge is 4.00 e.